The van der Waals surface area contributed by atoms with Gasteiger partial charge >= 0.3 is 0 Å². The Hall–Kier alpha value is -6.52. The van der Waals surface area contributed by atoms with E-state index in [1.54, 1.807) is 0 Å². The van der Waals surface area contributed by atoms with Crippen molar-refractivity contribution in [3.8, 4) is 44.5 Å². The summed E-state index contributed by atoms with van der Waals surface area (Å²) in [5, 5.41) is 0. The summed E-state index contributed by atoms with van der Waals surface area (Å²) in [6.45, 7) is 18.2. The second-order valence-electron chi connectivity index (χ2n) is 18.4. The third-order valence-electron chi connectivity index (χ3n) is 13.5. The van der Waals surface area contributed by atoms with E-state index in [1.165, 1.54) is 22.3 Å². The molecule has 0 unspecified atom stereocenters. The Balaban J connectivity index is 1.18. The summed E-state index contributed by atoms with van der Waals surface area (Å²) >= 11 is 0. The van der Waals surface area contributed by atoms with E-state index in [1.807, 2.05) is 0 Å². The van der Waals surface area contributed by atoms with Crippen LogP contribution < -0.4 is 9.80 Å². The van der Waals surface area contributed by atoms with Gasteiger partial charge in [0.25, 0.3) is 0 Å². The van der Waals surface area contributed by atoms with Crippen LogP contribution in [0.15, 0.2) is 192 Å². The minimum atomic E-state index is -0.303. The Bertz CT molecular complexity index is 2590. The van der Waals surface area contributed by atoms with Crippen molar-refractivity contribution in [2.45, 2.75) is 77.5 Å². The number of anilines is 2. The molecule has 0 saturated carbocycles. The molecule has 9 rings (SSSR count). The number of benzene rings is 7. The Kier molecular flexibility index (Phi) is 9.51. The van der Waals surface area contributed by atoms with E-state index in [0.717, 1.165) is 56.4 Å². The standard InChI is InChI=1S/C56H54N4/c1-53(2)55(5,6)59(51(57-53)42-22-14-10-15-23-42)49-28-18-26-44(37-49)47-34-46(41-32-30-40(31-33-41)39-20-12-9-13-21-39)35-48(36-47)45-27-19-29-50(38-45)60-52(43-24-16-11-17-25-43)58-54(3,4)56(60,7)8/h9-38H,1-8H3. The van der Waals surface area contributed by atoms with Crippen LogP contribution in [0.25, 0.3) is 44.5 Å². The van der Waals surface area contributed by atoms with E-state index < -0.39 is 0 Å². The van der Waals surface area contributed by atoms with Gasteiger partial charge in [0.15, 0.2) is 0 Å². The zero-order chi connectivity index (χ0) is 41.9. The fourth-order valence-corrected chi connectivity index (χ4v) is 8.69. The molecule has 2 aliphatic heterocycles. The Morgan fingerprint density at radius 1 is 0.283 bits per heavy atom. The molecule has 0 spiro atoms. The quantitative estimate of drug-likeness (QED) is 0.154. The lowest BCUT2D eigenvalue weighted by Crippen LogP contribution is -2.53. The van der Waals surface area contributed by atoms with E-state index in [0.29, 0.717) is 0 Å². The molecule has 7 aromatic carbocycles. The molecular formula is C56H54N4. The summed E-state index contributed by atoms with van der Waals surface area (Å²) in [6.07, 6.45) is 0. The van der Waals surface area contributed by atoms with Crippen molar-refractivity contribution in [3.05, 3.63) is 193 Å². The molecule has 7 aromatic rings. The molecule has 0 atom stereocenters. The lowest BCUT2D eigenvalue weighted by molar-refractivity contribution is 0.338. The molecule has 0 bridgehead atoms. The maximum absolute atomic E-state index is 5.35. The highest BCUT2D eigenvalue weighted by atomic mass is 15.3. The van der Waals surface area contributed by atoms with Gasteiger partial charge in [-0.15, -0.1) is 0 Å². The lowest BCUT2D eigenvalue weighted by Gasteiger charge is -2.41. The second-order valence-corrected chi connectivity index (χ2v) is 18.4. The van der Waals surface area contributed by atoms with E-state index in [2.05, 4.69) is 247 Å². The molecule has 0 N–H and O–H groups in total. The molecule has 0 aliphatic carbocycles. The highest BCUT2D eigenvalue weighted by Gasteiger charge is 2.51. The summed E-state index contributed by atoms with van der Waals surface area (Å²) in [6, 6.07) is 65.8. The van der Waals surface area contributed by atoms with Gasteiger partial charge < -0.3 is 9.80 Å². The Morgan fingerprint density at radius 2 is 0.583 bits per heavy atom. The van der Waals surface area contributed by atoms with Crippen LogP contribution in [0, 0.1) is 0 Å². The van der Waals surface area contributed by atoms with Crippen LogP contribution in [0.3, 0.4) is 0 Å². The smallest absolute Gasteiger partial charge is 0.136 e. The average Bonchev–Trinajstić information content (AvgIpc) is 3.59. The SMILES string of the molecule is CC1(C)N=C(c2ccccc2)N(c2cccc(-c3cc(-c4ccc(-c5ccccc5)cc4)cc(-c4cccc(N5C(c6ccccc6)=NC(C)(C)C5(C)C)c4)c3)c2)C1(C)C. The van der Waals surface area contributed by atoms with Crippen LogP contribution in [-0.4, -0.2) is 33.8 Å². The zero-order valence-electron chi connectivity index (χ0n) is 36.1. The first-order chi connectivity index (χ1) is 28.7. The number of nitrogens with zero attached hydrogens (tertiary/aromatic N) is 4. The van der Waals surface area contributed by atoms with Crippen LogP contribution in [-0.2, 0) is 0 Å². The largest absolute Gasteiger partial charge is 0.318 e. The number of hydrogen-bond donors (Lipinski definition) is 0. The minimum Gasteiger partial charge on any atom is -0.318 e. The first kappa shape index (κ1) is 39.0. The van der Waals surface area contributed by atoms with E-state index in [-0.39, 0.29) is 22.2 Å². The van der Waals surface area contributed by atoms with Crippen LogP contribution in [0.2, 0.25) is 0 Å². The number of rotatable bonds is 8. The van der Waals surface area contributed by atoms with Gasteiger partial charge in [0, 0.05) is 22.5 Å². The van der Waals surface area contributed by atoms with Crippen molar-refractivity contribution in [2.75, 3.05) is 9.80 Å². The van der Waals surface area contributed by atoms with Crippen LogP contribution in [0.1, 0.15) is 66.5 Å². The summed E-state index contributed by atoms with van der Waals surface area (Å²) in [5.41, 5.74) is 12.7. The molecule has 4 nitrogen and oxygen atoms in total. The third kappa shape index (κ3) is 6.74. The van der Waals surface area contributed by atoms with Gasteiger partial charge in [0.2, 0.25) is 0 Å². The lowest BCUT2D eigenvalue weighted by atomic mass is 9.82. The molecule has 4 heteroatoms. The predicted octanol–water partition coefficient (Wildman–Crippen LogP) is 14.0. The number of amidine groups is 2. The van der Waals surface area contributed by atoms with Gasteiger partial charge in [-0.05, 0) is 142 Å². The molecule has 2 aliphatic rings. The first-order valence-electron chi connectivity index (χ1n) is 21.2. The third-order valence-corrected chi connectivity index (χ3v) is 13.5. The van der Waals surface area contributed by atoms with Crippen molar-refractivity contribution >= 4 is 23.0 Å². The van der Waals surface area contributed by atoms with E-state index in [9.17, 15) is 0 Å². The average molecular weight is 783 g/mol. The van der Waals surface area contributed by atoms with E-state index in [4.69, 9.17) is 9.98 Å². The fourth-order valence-electron chi connectivity index (χ4n) is 8.69. The Morgan fingerprint density at radius 3 is 0.967 bits per heavy atom. The predicted molar refractivity (Wildman–Crippen MR) is 255 cm³/mol. The van der Waals surface area contributed by atoms with E-state index >= 15 is 0 Å². The summed E-state index contributed by atoms with van der Waals surface area (Å²) in [4.78, 5) is 15.6. The van der Waals surface area contributed by atoms with Gasteiger partial charge in [-0.2, -0.15) is 0 Å². The fraction of sp³-hybridized carbons (Fsp3) is 0.214. The molecule has 0 fully saturated rings. The summed E-state index contributed by atoms with van der Waals surface area (Å²) in [5.74, 6) is 2.00. The molecule has 298 valence electrons. The maximum Gasteiger partial charge on any atom is 0.136 e. The first-order valence-corrected chi connectivity index (χ1v) is 21.2. The van der Waals surface area contributed by atoms with Crippen molar-refractivity contribution in [2.24, 2.45) is 9.98 Å². The minimum absolute atomic E-state index is 0.273. The van der Waals surface area contributed by atoms with Crippen molar-refractivity contribution in [1.29, 1.82) is 0 Å². The molecule has 0 amide bonds. The van der Waals surface area contributed by atoms with Gasteiger partial charge in [0.05, 0.1) is 22.2 Å². The molecule has 0 radical (unpaired) electrons. The van der Waals surface area contributed by atoms with Crippen molar-refractivity contribution in [1.82, 2.24) is 0 Å². The monoisotopic (exact) mass is 782 g/mol. The van der Waals surface area contributed by atoms with Gasteiger partial charge in [-0.1, -0.05) is 140 Å². The highest BCUT2D eigenvalue weighted by molar-refractivity contribution is 6.14. The van der Waals surface area contributed by atoms with Gasteiger partial charge in [0.1, 0.15) is 11.7 Å². The normalized spacial score (nSPS) is 17.3. The van der Waals surface area contributed by atoms with Crippen molar-refractivity contribution in [3.63, 3.8) is 0 Å². The van der Waals surface area contributed by atoms with Crippen molar-refractivity contribution < 1.29 is 0 Å². The van der Waals surface area contributed by atoms with Crippen LogP contribution in [0.5, 0.6) is 0 Å². The van der Waals surface area contributed by atoms with Crippen LogP contribution in [0.4, 0.5) is 11.4 Å². The summed E-state index contributed by atoms with van der Waals surface area (Å²) in [7, 11) is 0. The topological polar surface area (TPSA) is 31.2 Å². The molecule has 60 heavy (non-hydrogen) atoms. The number of aliphatic imine (C=N–C) groups is 2. The maximum atomic E-state index is 5.35. The zero-order valence-corrected chi connectivity index (χ0v) is 36.1. The van der Waals surface area contributed by atoms with Gasteiger partial charge in [-0.25, -0.2) is 0 Å². The summed E-state index contributed by atoms with van der Waals surface area (Å²) < 4.78 is 0. The number of hydrogen-bond acceptors (Lipinski definition) is 4. The molecule has 2 heterocycles. The second kappa shape index (κ2) is 14.6. The van der Waals surface area contributed by atoms with Crippen LogP contribution >= 0.6 is 0 Å². The molecular weight excluding hydrogens is 729 g/mol. The molecule has 0 aromatic heterocycles. The Labute approximate surface area is 356 Å². The highest BCUT2D eigenvalue weighted by Crippen LogP contribution is 2.45. The molecule has 0 saturated heterocycles. The van der Waals surface area contributed by atoms with Gasteiger partial charge in [-0.3, -0.25) is 9.98 Å².